The van der Waals surface area contributed by atoms with Gasteiger partial charge in [-0.25, -0.2) is 4.99 Å². The molecule has 0 aromatic heterocycles. The summed E-state index contributed by atoms with van der Waals surface area (Å²) in [4.78, 5) is 29.1. The van der Waals surface area contributed by atoms with E-state index in [-0.39, 0.29) is 30.5 Å². The van der Waals surface area contributed by atoms with Gasteiger partial charge in [-0.05, 0) is 37.6 Å². The van der Waals surface area contributed by atoms with Crippen LogP contribution in [0.15, 0.2) is 35.0 Å². The van der Waals surface area contributed by atoms with E-state index in [0.717, 1.165) is 5.56 Å². The van der Waals surface area contributed by atoms with E-state index in [1.54, 1.807) is 32.1 Å². The maximum atomic E-state index is 12.2. The standard InChI is InChI=1S/C15H16N2O4/c1-3-21-14(19)9-17-10(2)16-13(15(17)20)8-11-4-6-12(18)7-5-11/h4-8,18H,3,9H2,1-2H3. The van der Waals surface area contributed by atoms with Crippen molar-refractivity contribution in [2.24, 2.45) is 4.99 Å². The third-order valence-electron chi connectivity index (χ3n) is 2.93. The molecule has 1 aliphatic rings. The Bertz CT molecular complexity index is 617. The maximum Gasteiger partial charge on any atom is 0.326 e. The molecule has 1 aromatic rings. The molecule has 0 aliphatic carbocycles. The lowest BCUT2D eigenvalue weighted by atomic mass is 10.2. The lowest BCUT2D eigenvalue weighted by Crippen LogP contribution is -2.36. The lowest BCUT2D eigenvalue weighted by molar-refractivity contribution is -0.145. The highest BCUT2D eigenvalue weighted by Gasteiger charge is 2.29. The number of nitrogens with zero attached hydrogens (tertiary/aromatic N) is 2. The SMILES string of the molecule is CCOC(=O)CN1C(=O)C(=Cc2ccc(O)cc2)N=C1C. The highest BCUT2D eigenvalue weighted by molar-refractivity contribution is 6.14. The van der Waals surface area contributed by atoms with Gasteiger partial charge in [-0.3, -0.25) is 14.5 Å². The fraction of sp³-hybridized carbons (Fsp3) is 0.267. The van der Waals surface area contributed by atoms with Gasteiger partial charge >= 0.3 is 5.97 Å². The highest BCUT2D eigenvalue weighted by atomic mass is 16.5. The van der Waals surface area contributed by atoms with Crippen LogP contribution in [0.4, 0.5) is 0 Å². The van der Waals surface area contributed by atoms with Crippen molar-refractivity contribution in [2.75, 3.05) is 13.2 Å². The van der Waals surface area contributed by atoms with Gasteiger partial charge in [0, 0.05) is 0 Å². The molecule has 1 amide bonds. The summed E-state index contributed by atoms with van der Waals surface area (Å²) in [5.74, 6) is -0.198. The third-order valence-corrected chi connectivity index (χ3v) is 2.93. The molecule has 0 saturated heterocycles. The predicted octanol–water partition coefficient (Wildman–Crippen LogP) is 1.56. The Hall–Kier alpha value is -2.63. The molecule has 0 unspecified atom stereocenters. The van der Waals surface area contributed by atoms with Crippen LogP contribution < -0.4 is 0 Å². The predicted molar refractivity (Wildman–Crippen MR) is 77.5 cm³/mol. The van der Waals surface area contributed by atoms with Crippen LogP contribution in [0.3, 0.4) is 0 Å². The first-order chi connectivity index (χ1) is 10.0. The van der Waals surface area contributed by atoms with Crippen LogP contribution in [0.5, 0.6) is 5.75 Å². The van der Waals surface area contributed by atoms with Gasteiger partial charge in [-0.15, -0.1) is 0 Å². The Kier molecular flexibility index (Phi) is 4.37. The summed E-state index contributed by atoms with van der Waals surface area (Å²) in [6.07, 6.45) is 1.61. The number of benzene rings is 1. The van der Waals surface area contributed by atoms with Gasteiger partial charge in [0.25, 0.3) is 5.91 Å². The second-order valence-corrected chi connectivity index (χ2v) is 4.48. The fourth-order valence-electron chi connectivity index (χ4n) is 1.91. The molecule has 0 radical (unpaired) electrons. The van der Waals surface area contributed by atoms with Crippen molar-refractivity contribution < 1.29 is 19.4 Å². The highest BCUT2D eigenvalue weighted by Crippen LogP contribution is 2.19. The molecule has 6 nitrogen and oxygen atoms in total. The zero-order valence-electron chi connectivity index (χ0n) is 11.9. The van der Waals surface area contributed by atoms with E-state index in [4.69, 9.17) is 4.74 Å². The first-order valence-electron chi connectivity index (χ1n) is 6.54. The number of phenols is 1. The summed E-state index contributed by atoms with van der Waals surface area (Å²) in [6.45, 7) is 3.50. The zero-order chi connectivity index (χ0) is 15.4. The van der Waals surface area contributed by atoms with Crippen molar-refractivity contribution >= 4 is 23.8 Å². The molecule has 1 aliphatic heterocycles. The topological polar surface area (TPSA) is 79.2 Å². The molecular weight excluding hydrogens is 272 g/mol. The van der Waals surface area contributed by atoms with Gasteiger partial charge < -0.3 is 9.84 Å². The molecule has 0 atom stereocenters. The maximum absolute atomic E-state index is 12.2. The molecule has 1 aromatic carbocycles. The molecule has 0 saturated carbocycles. The van der Waals surface area contributed by atoms with Crippen molar-refractivity contribution in [3.63, 3.8) is 0 Å². The van der Waals surface area contributed by atoms with Crippen LogP contribution in [0, 0.1) is 0 Å². The monoisotopic (exact) mass is 288 g/mol. The number of ether oxygens (including phenoxy) is 1. The van der Waals surface area contributed by atoms with Crippen LogP contribution >= 0.6 is 0 Å². The van der Waals surface area contributed by atoms with E-state index in [1.807, 2.05) is 0 Å². The van der Waals surface area contributed by atoms with Crippen LogP contribution in [0.2, 0.25) is 0 Å². The quantitative estimate of drug-likeness (QED) is 0.673. The van der Waals surface area contributed by atoms with Crippen molar-refractivity contribution in [3.05, 3.63) is 35.5 Å². The number of hydrogen-bond acceptors (Lipinski definition) is 5. The molecule has 2 rings (SSSR count). The Balaban J connectivity index is 2.15. The van der Waals surface area contributed by atoms with Crippen LogP contribution in [0.25, 0.3) is 6.08 Å². The number of carbonyl (C=O) groups excluding carboxylic acids is 2. The largest absolute Gasteiger partial charge is 0.508 e. The van der Waals surface area contributed by atoms with Gasteiger partial charge in [0.15, 0.2) is 0 Å². The van der Waals surface area contributed by atoms with Crippen molar-refractivity contribution in [1.82, 2.24) is 4.90 Å². The average Bonchev–Trinajstić information content (AvgIpc) is 2.69. The van der Waals surface area contributed by atoms with Gasteiger partial charge in [0.05, 0.1) is 6.61 Å². The molecule has 6 heteroatoms. The summed E-state index contributed by atoms with van der Waals surface area (Å²) < 4.78 is 4.83. The van der Waals surface area contributed by atoms with Gasteiger partial charge in [0.1, 0.15) is 23.8 Å². The number of rotatable bonds is 4. The smallest absolute Gasteiger partial charge is 0.326 e. The Morgan fingerprint density at radius 1 is 1.38 bits per heavy atom. The van der Waals surface area contributed by atoms with E-state index in [2.05, 4.69) is 4.99 Å². The molecular formula is C15H16N2O4. The van der Waals surface area contributed by atoms with E-state index in [0.29, 0.717) is 5.84 Å². The van der Waals surface area contributed by atoms with Crippen molar-refractivity contribution in [2.45, 2.75) is 13.8 Å². The third kappa shape index (κ3) is 3.47. The lowest BCUT2D eigenvalue weighted by Gasteiger charge is -2.14. The van der Waals surface area contributed by atoms with Crippen LogP contribution in [-0.2, 0) is 14.3 Å². The van der Waals surface area contributed by atoms with E-state index >= 15 is 0 Å². The number of hydrogen-bond donors (Lipinski definition) is 1. The first kappa shape index (κ1) is 14.8. The Labute approximate surface area is 122 Å². The molecule has 1 N–H and O–H groups in total. The van der Waals surface area contributed by atoms with E-state index in [9.17, 15) is 14.7 Å². The first-order valence-corrected chi connectivity index (χ1v) is 6.54. The molecule has 21 heavy (non-hydrogen) atoms. The minimum absolute atomic E-state index is 0.144. The minimum atomic E-state index is -0.466. The fourth-order valence-corrected chi connectivity index (χ4v) is 1.91. The van der Waals surface area contributed by atoms with Crippen LogP contribution in [0.1, 0.15) is 19.4 Å². The van der Waals surface area contributed by atoms with Crippen molar-refractivity contribution in [3.8, 4) is 5.75 Å². The number of aliphatic imine (C=N–C) groups is 1. The second-order valence-electron chi connectivity index (χ2n) is 4.48. The molecule has 0 spiro atoms. The minimum Gasteiger partial charge on any atom is -0.508 e. The van der Waals surface area contributed by atoms with Gasteiger partial charge in [-0.1, -0.05) is 12.1 Å². The van der Waals surface area contributed by atoms with Gasteiger partial charge in [-0.2, -0.15) is 0 Å². The number of amides is 1. The second kappa shape index (κ2) is 6.21. The molecule has 110 valence electrons. The average molecular weight is 288 g/mol. The number of aromatic hydroxyl groups is 1. The zero-order valence-corrected chi connectivity index (χ0v) is 11.9. The Morgan fingerprint density at radius 3 is 2.67 bits per heavy atom. The summed E-state index contributed by atoms with van der Waals surface area (Å²) in [6, 6.07) is 6.40. The summed E-state index contributed by atoms with van der Waals surface area (Å²) in [5, 5.41) is 9.23. The molecule has 0 fully saturated rings. The number of amidine groups is 1. The number of esters is 1. The molecule has 1 heterocycles. The van der Waals surface area contributed by atoms with E-state index < -0.39 is 5.97 Å². The summed E-state index contributed by atoms with van der Waals surface area (Å²) in [5.41, 5.74) is 0.994. The van der Waals surface area contributed by atoms with Gasteiger partial charge in [0.2, 0.25) is 0 Å². The summed E-state index contributed by atoms with van der Waals surface area (Å²) in [7, 11) is 0. The Morgan fingerprint density at radius 2 is 2.05 bits per heavy atom. The van der Waals surface area contributed by atoms with Crippen molar-refractivity contribution in [1.29, 1.82) is 0 Å². The number of carbonyl (C=O) groups is 2. The number of phenolic OH excluding ortho intramolecular Hbond substituents is 1. The van der Waals surface area contributed by atoms with Crippen LogP contribution in [-0.4, -0.2) is 40.9 Å². The molecule has 0 bridgehead atoms. The van der Waals surface area contributed by atoms with E-state index in [1.165, 1.54) is 17.0 Å². The normalized spacial score (nSPS) is 16.3. The summed E-state index contributed by atoms with van der Waals surface area (Å²) >= 11 is 0.